The number of anilines is 2. The summed E-state index contributed by atoms with van der Waals surface area (Å²) >= 11 is 3.76. The molecule has 0 N–H and O–H groups in total. The monoisotopic (exact) mass is 647 g/mol. The van der Waals surface area contributed by atoms with Crippen LogP contribution >= 0.6 is 15.9 Å². The summed E-state index contributed by atoms with van der Waals surface area (Å²) < 4.78 is 21.1. The number of fused-ring (bicyclic) bond motifs is 2. The molecule has 43 heavy (non-hydrogen) atoms. The van der Waals surface area contributed by atoms with Gasteiger partial charge in [0.05, 0.1) is 12.2 Å². The first-order valence-electron chi connectivity index (χ1n) is 14.7. The minimum Gasteiger partial charge on any atom is -0.462 e. The molecule has 2 fully saturated rings. The number of carbonyl (C=O) groups excluding carboxylic acids is 1. The second kappa shape index (κ2) is 12.5. The van der Waals surface area contributed by atoms with Gasteiger partial charge in [0, 0.05) is 53.3 Å². The van der Waals surface area contributed by atoms with Crippen LogP contribution in [0.5, 0.6) is 6.01 Å². The summed E-state index contributed by atoms with van der Waals surface area (Å²) in [6, 6.07) is 12.8. The van der Waals surface area contributed by atoms with E-state index in [4.69, 9.17) is 21.3 Å². The van der Waals surface area contributed by atoms with Gasteiger partial charge >= 0.3 is 6.01 Å². The second-order valence-corrected chi connectivity index (χ2v) is 12.3. The lowest BCUT2D eigenvalue weighted by Crippen LogP contribution is -2.57. The Balaban J connectivity index is 1.34. The summed E-state index contributed by atoms with van der Waals surface area (Å²) in [5.41, 5.74) is 3.10. The number of ether oxygens (including phenoxy) is 1. The van der Waals surface area contributed by atoms with E-state index in [-0.39, 0.29) is 13.1 Å². The van der Waals surface area contributed by atoms with Gasteiger partial charge < -0.3 is 29.2 Å². The smallest absolute Gasteiger partial charge is 0.318 e. The maximum atomic E-state index is 13.8. The number of carbonyl (C=O) groups is 1. The number of likely N-dealkylation sites (tertiary alicyclic amines) is 1. The lowest BCUT2D eigenvalue weighted by Gasteiger charge is -2.41. The summed E-state index contributed by atoms with van der Waals surface area (Å²) in [6.07, 6.45) is 2.95. The SMILES string of the molecule is [C-]#[N+]C[C@H]1CN(c2nc(OC[C@@H]3CCCN3C)nc3c2CCN(c2cccc4cccc(Br)c24)C3)CCN1C(=O)C(=C)F. The van der Waals surface area contributed by atoms with Crippen molar-refractivity contribution < 1.29 is 13.9 Å². The Labute approximate surface area is 259 Å². The van der Waals surface area contributed by atoms with Crippen molar-refractivity contribution >= 4 is 44.1 Å². The molecule has 0 spiro atoms. The highest BCUT2D eigenvalue weighted by Gasteiger charge is 2.36. The quantitative estimate of drug-likeness (QED) is 0.268. The van der Waals surface area contributed by atoms with E-state index in [9.17, 15) is 9.18 Å². The number of nitrogens with zero attached hydrogens (tertiary/aromatic N) is 7. The number of amides is 1. The third-order valence-corrected chi connectivity index (χ3v) is 9.51. The fourth-order valence-corrected chi connectivity index (χ4v) is 7.14. The molecule has 2 aromatic carbocycles. The molecule has 2 atom stereocenters. The Hall–Kier alpha value is -3.75. The Kier molecular flexibility index (Phi) is 8.50. The number of hydrogen-bond donors (Lipinski definition) is 0. The minimum absolute atomic E-state index is 0.0733. The highest BCUT2D eigenvalue weighted by atomic mass is 79.9. The predicted molar refractivity (Wildman–Crippen MR) is 169 cm³/mol. The van der Waals surface area contributed by atoms with Crippen molar-refractivity contribution in [3.05, 3.63) is 76.0 Å². The number of aromatic nitrogens is 2. The van der Waals surface area contributed by atoms with Crippen LogP contribution in [0.25, 0.3) is 15.6 Å². The van der Waals surface area contributed by atoms with Gasteiger partial charge in [0.15, 0.2) is 5.83 Å². The number of halogens is 2. The van der Waals surface area contributed by atoms with E-state index in [0.29, 0.717) is 38.3 Å². The van der Waals surface area contributed by atoms with Crippen LogP contribution in [0.15, 0.2) is 53.3 Å². The third-order valence-electron chi connectivity index (χ3n) is 8.85. The van der Waals surface area contributed by atoms with E-state index in [1.807, 2.05) is 6.07 Å². The molecule has 0 aliphatic carbocycles. The lowest BCUT2D eigenvalue weighted by atomic mass is 10.0. The number of likely N-dealkylation sites (N-methyl/N-ethyl adjacent to an activating group) is 1. The van der Waals surface area contributed by atoms with E-state index in [1.54, 1.807) is 0 Å². The summed E-state index contributed by atoms with van der Waals surface area (Å²) in [5.74, 6) is -0.977. The van der Waals surface area contributed by atoms with Gasteiger partial charge in [-0.05, 0) is 50.4 Å². The lowest BCUT2D eigenvalue weighted by molar-refractivity contribution is -0.131. The average molecular weight is 649 g/mol. The molecule has 6 rings (SSSR count). The molecule has 3 aromatic rings. The molecule has 0 saturated carbocycles. The van der Waals surface area contributed by atoms with Crippen molar-refractivity contribution in [1.29, 1.82) is 0 Å². The normalized spacial score (nSPS) is 20.7. The molecule has 224 valence electrons. The molecule has 3 aliphatic rings. The Morgan fingerprint density at radius 1 is 1.14 bits per heavy atom. The molecular formula is C32H35BrFN7O2. The Morgan fingerprint density at radius 3 is 2.70 bits per heavy atom. The van der Waals surface area contributed by atoms with E-state index in [1.165, 1.54) is 15.7 Å². The van der Waals surface area contributed by atoms with Crippen molar-refractivity contribution in [1.82, 2.24) is 19.8 Å². The average Bonchev–Trinajstić information content (AvgIpc) is 3.43. The molecule has 1 amide bonds. The zero-order chi connectivity index (χ0) is 30.1. The molecule has 9 nitrogen and oxygen atoms in total. The summed E-state index contributed by atoms with van der Waals surface area (Å²) in [4.78, 5) is 34.1. The van der Waals surface area contributed by atoms with Gasteiger partial charge in [-0.3, -0.25) is 4.79 Å². The summed E-state index contributed by atoms with van der Waals surface area (Å²) in [6.45, 7) is 14.8. The summed E-state index contributed by atoms with van der Waals surface area (Å²) in [5, 5.41) is 2.33. The number of hydrogen-bond acceptors (Lipinski definition) is 7. The maximum Gasteiger partial charge on any atom is 0.318 e. The number of piperazine rings is 1. The van der Waals surface area contributed by atoms with Crippen LogP contribution in [0.3, 0.4) is 0 Å². The molecule has 0 radical (unpaired) electrons. The van der Waals surface area contributed by atoms with E-state index in [2.05, 4.69) is 79.4 Å². The van der Waals surface area contributed by atoms with Gasteiger partial charge in [-0.25, -0.2) is 11.0 Å². The van der Waals surface area contributed by atoms with Crippen molar-refractivity contribution in [2.24, 2.45) is 0 Å². The number of benzene rings is 2. The highest BCUT2D eigenvalue weighted by molar-refractivity contribution is 9.10. The zero-order valence-corrected chi connectivity index (χ0v) is 25.9. The summed E-state index contributed by atoms with van der Waals surface area (Å²) in [7, 11) is 2.12. The van der Waals surface area contributed by atoms with Gasteiger partial charge in [-0.1, -0.05) is 46.8 Å². The molecule has 1 aromatic heterocycles. The van der Waals surface area contributed by atoms with Crippen LogP contribution in [0.4, 0.5) is 15.9 Å². The van der Waals surface area contributed by atoms with Crippen LogP contribution in [-0.2, 0) is 17.8 Å². The molecule has 11 heteroatoms. The van der Waals surface area contributed by atoms with Crippen LogP contribution in [-0.4, -0.2) is 90.7 Å². The van der Waals surface area contributed by atoms with Crippen LogP contribution in [0.1, 0.15) is 24.1 Å². The van der Waals surface area contributed by atoms with Gasteiger partial charge in [-0.15, -0.1) is 0 Å². The molecule has 3 aliphatic heterocycles. The van der Waals surface area contributed by atoms with E-state index in [0.717, 1.165) is 59.6 Å². The fraction of sp³-hybridized carbons (Fsp3) is 0.438. The van der Waals surface area contributed by atoms with E-state index < -0.39 is 17.8 Å². The molecule has 2 saturated heterocycles. The highest BCUT2D eigenvalue weighted by Crippen LogP contribution is 2.37. The van der Waals surface area contributed by atoms with Gasteiger partial charge in [0.1, 0.15) is 18.5 Å². The first-order chi connectivity index (χ1) is 20.8. The van der Waals surface area contributed by atoms with Crippen LogP contribution in [0, 0.1) is 6.57 Å². The molecular weight excluding hydrogens is 613 g/mol. The van der Waals surface area contributed by atoms with Gasteiger partial charge in [0.25, 0.3) is 5.91 Å². The van der Waals surface area contributed by atoms with Crippen molar-refractivity contribution in [2.45, 2.75) is 37.9 Å². The predicted octanol–water partition coefficient (Wildman–Crippen LogP) is 4.85. The van der Waals surface area contributed by atoms with Crippen LogP contribution in [0.2, 0.25) is 0 Å². The van der Waals surface area contributed by atoms with Crippen LogP contribution < -0.4 is 14.5 Å². The van der Waals surface area contributed by atoms with Crippen molar-refractivity contribution in [3.63, 3.8) is 0 Å². The molecule has 0 bridgehead atoms. The van der Waals surface area contributed by atoms with Crippen molar-refractivity contribution in [2.75, 3.05) is 62.7 Å². The van der Waals surface area contributed by atoms with E-state index >= 15 is 0 Å². The minimum atomic E-state index is -1.00. The third kappa shape index (κ3) is 5.91. The first-order valence-corrected chi connectivity index (χ1v) is 15.5. The zero-order valence-electron chi connectivity index (χ0n) is 24.3. The first kappa shape index (κ1) is 29.3. The van der Waals surface area contributed by atoms with Gasteiger partial charge in [0.2, 0.25) is 6.54 Å². The topological polar surface area (TPSA) is 69.4 Å². The molecule has 4 heterocycles. The second-order valence-electron chi connectivity index (χ2n) is 11.5. The number of rotatable bonds is 7. The Bertz CT molecular complexity index is 1590. The Morgan fingerprint density at radius 2 is 1.95 bits per heavy atom. The largest absolute Gasteiger partial charge is 0.462 e. The molecule has 0 unspecified atom stereocenters. The van der Waals surface area contributed by atoms with Gasteiger partial charge in [-0.2, -0.15) is 9.97 Å². The standard InChI is InChI=1S/C32H35BrFN7O2/c1-21(34)31(42)41-16-15-40(18-24(41)17-35-2)30-25-12-14-39(28-11-5-8-22-7-4-10-26(33)29(22)28)19-27(25)36-32(37-30)43-20-23-9-6-13-38(23)3/h4-5,7-8,10-11,23-24H,1,6,9,12-20H2,3H3/t23-,24-/m0/s1. The maximum absolute atomic E-state index is 13.8. The fourth-order valence-electron chi connectivity index (χ4n) is 6.55. The van der Waals surface area contributed by atoms with Crippen molar-refractivity contribution in [3.8, 4) is 6.01 Å².